The smallest absolute Gasteiger partial charge is 0.384 e. The van der Waals surface area contributed by atoms with Gasteiger partial charge in [-0.05, 0) is 32.9 Å². The van der Waals surface area contributed by atoms with Crippen molar-refractivity contribution in [1.82, 2.24) is 30.9 Å². The maximum absolute atomic E-state index is 13.9. The number of carbonyl (C=O) groups is 2. The molecular formula is C26H34F3N7O4. The van der Waals surface area contributed by atoms with E-state index in [2.05, 4.69) is 21.1 Å². The summed E-state index contributed by atoms with van der Waals surface area (Å²) in [7, 11) is 2.99. The molecule has 0 radical (unpaired) electrons. The van der Waals surface area contributed by atoms with Crippen molar-refractivity contribution in [2.75, 3.05) is 27.2 Å². The van der Waals surface area contributed by atoms with Gasteiger partial charge in [-0.1, -0.05) is 17.3 Å². The van der Waals surface area contributed by atoms with E-state index in [1.165, 1.54) is 37.0 Å². The van der Waals surface area contributed by atoms with Gasteiger partial charge in [-0.15, -0.1) is 0 Å². The van der Waals surface area contributed by atoms with E-state index in [9.17, 15) is 22.8 Å². The lowest BCUT2D eigenvalue weighted by Crippen LogP contribution is -2.48. The summed E-state index contributed by atoms with van der Waals surface area (Å²) in [5.41, 5.74) is 5.97. The van der Waals surface area contributed by atoms with Crippen molar-refractivity contribution in [1.29, 1.82) is 0 Å². The van der Waals surface area contributed by atoms with Gasteiger partial charge in [0.25, 0.3) is 5.91 Å². The Morgan fingerprint density at radius 1 is 1.35 bits per heavy atom. The van der Waals surface area contributed by atoms with E-state index >= 15 is 0 Å². The number of aryl methyl sites for hydroxylation is 1. The highest BCUT2D eigenvalue weighted by Gasteiger charge is 2.43. The number of allylic oxidation sites excluding steroid dienone is 3. The number of ether oxygens (including phenoxy) is 1. The maximum atomic E-state index is 13.9. The highest BCUT2D eigenvalue weighted by Crippen LogP contribution is 2.37. The van der Waals surface area contributed by atoms with Gasteiger partial charge in [0, 0.05) is 45.1 Å². The zero-order chi connectivity index (χ0) is 29.6. The van der Waals surface area contributed by atoms with E-state index in [0.717, 1.165) is 6.08 Å². The lowest BCUT2D eigenvalue weighted by Gasteiger charge is -2.36. The minimum atomic E-state index is -4.65. The van der Waals surface area contributed by atoms with Crippen LogP contribution in [-0.4, -0.2) is 72.5 Å². The number of halogens is 3. The van der Waals surface area contributed by atoms with E-state index in [1.807, 2.05) is 0 Å². The van der Waals surface area contributed by atoms with E-state index in [0.29, 0.717) is 11.5 Å². The molecule has 2 aliphatic rings. The Labute approximate surface area is 230 Å². The third kappa shape index (κ3) is 7.05. The second-order valence-electron chi connectivity index (χ2n) is 9.10. The number of nitrogens with zero attached hydrogens (tertiary/aromatic N) is 3. The summed E-state index contributed by atoms with van der Waals surface area (Å²) < 4.78 is 52.1. The first kappa shape index (κ1) is 30.3. The number of rotatable bonds is 10. The zero-order valence-electron chi connectivity index (χ0n) is 22.9. The van der Waals surface area contributed by atoms with Crippen molar-refractivity contribution in [3.05, 3.63) is 76.4 Å². The van der Waals surface area contributed by atoms with Crippen LogP contribution >= 0.6 is 0 Å². The second-order valence-corrected chi connectivity index (χ2v) is 9.10. The van der Waals surface area contributed by atoms with Crippen molar-refractivity contribution in [2.24, 2.45) is 5.73 Å². The van der Waals surface area contributed by atoms with Crippen LogP contribution in [0.15, 0.2) is 69.5 Å². The van der Waals surface area contributed by atoms with Crippen LogP contribution < -0.4 is 21.7 Å². The molecule has 0 aliphatic carbocycles. The monoisotopic (exact) mass is 565 g/mol. The molecule has 5 N–H and O–H groups in total. The molecule has 0 bridgehead atoms. The molecule has 0 aromatic carbocycles. The zero-order valence-corrected chi connectivity index (χ0v) is 22.9. The molecule has 1 unspecified atom stereocenters. The fourth-order valence-corrected chi connectivity index (χ4v) is 4.15. The van der Waals surface area contributed by atoms with Gasteiger partial charge in [0.2, 0.25) is 5.91 Å². The number of amides is 2. The molecule has 218 valence electrons. The van der Waals surface area contributed by atoms with Crippen LogP contribution in [-0.2, 0) is 20.9 Å². The molecule has 40 heavy (non-hydrogen) atoms. The number of alkyl halides is 3. The summed E-state index contributed by atoms with van der Waals surface area (Å²) >= 11 is 0. The lowest BCUT2D eigenvalue weighted by molar-refractivity contribution is -0.130. The summed E-state index contributed by atoms with van der Waals surface area (Å²) in [5.74, 6) is -0.525. The molecule has 2 aliphatic heterocycles. The van der Waals surface area contributed by atoms with Crippen LogP contribution in [0.5, 0.6) is 0 Å². The highest BCUT2D eigenvalue weighted by atomic mass is 19.4. The van der Waals surface area contributed by atoms with E-state index in [-0.39, 0.29) is 42.5 Å². The van der Waals surface area contributed by atoms with Crippen LogP contribution in [0, 0.1) is 6.92 Å². The number of aromatic nitrogens is 1. The van der Waals surface area contributed by atoms with Crippen LogP contribution in [0.25, 0.3) is 0 Å². The van der Waals surface area contributed by atoms with Crippen LogP contribution in [0.1, 0.15) is 25.3 Å². The molecule has 3 heterocycles. The predicted octanol–water partition coefficient (Wildman–Crippen LogP) is 1.89. The summed E-state index contributed by atoms with van der Waals surface area (Å²) in [6.07, 6.45) is 1.46. The van der Waals surface area contributed by atoms with Gasteiger partial charge in [0.15, 0.2) is 6.23 Å². The van der Waals surface area contributed by atoms with Gasteiger partial charge in [-0.25, -0.2) is 0 Å². The second kappa shape index (κ2) is 12.8. The quantitative estimate of drug-likeness (QED) is 0.314. The fraction of sp³-hybridized carbons (Fsp3) is 0.423. The molecule has 0 fully saturated rings. The lowest BCUT2D eigenvalue weighted by atomic mass is 10.0. The molecule has 1 aromatic rings. The van der Waals surface area contributed by atoms with Crippen LogP contribution in [0.3, 0.4) is 0 Å². The van der Waals surface area contributed by atoms with Gasteiger partial charge in [-0.2, -0.15) is 13.2 Å². The minimum absolute atomic E-state index is 0.0147. The number of likely N-dealkylation sites (N-methyl/N-ethyl adjacent to an activating group) is 1. The normalized spacial score (nSPS) is 18.8. The first-order chi connectivity index (χ1) is 18.9. The molecule has 2 amide bonds. The standard InChI is InChI=1S/C26H34F3N7O4/c1-6-39-25-19(26(27,28)29)12-17(14-35(25)5)20-9-7-8-10-36(20)24(38)16(3)33-21(22(30)31-4)23(37)32-13-18-11-15(2)40-34-18/h7-9,11-12,14,16,25,31,33H,6,10,13,30H2,1-5H3,(H,32,37)/b22-21+/t16-,25?/m0/s1. The highest BCUT2D eigenvalue weighted by molar-refractivity contribution is 5.95. The average molecular weight is 566 g/mol. The van der Waals surface area contributed by atoms with Gasteiger partial charge in [-0.3, -0.25) is 9.59 Å². The first-order valence-corrected chi connectivity index (χ1v) is 12.5. The number of nitrogens with one attached hydrogen (secondary N) is 3. The molecule has 0 saturated heterocycles. The Morgan fingerprint density at radius 3 is 2.67 bits per heavy atom. The van der Waals surface area contributed by atoms with Crippen molar-refractivity contribution >= 4 is 11.8 Å². The maximum Gasteiger partial charge on any atom is 0.417 e. The summed E-state index contributed by atoms with van der Waals surface area (Å²) in [6, 6.07) is 0.677. The van der Waals surface area contributed by atoms with Crippen molar-refractivity contribution in [3.8, 4) is 0 Å². The minimum Gasteiger partial charge on any atom is -0.384 e. The molecule has 11 nitrogen and oxygen atoms in total. The molecule has 2 atom stereocenters. The Hall–Kier alpha value is -4.20. The van der Waals surface area contributed by atoms with Gasteiger partial charge in [0.1, 0.15) is 29.0 Å². The largest absolute Gasteiger partial charge is 0.417 e. The number of carbonyl (C=O) groups excluding carboxylic acids is 2. The van der Waals surface area contributed by atoms with E-state index in [4.69, 9.17) is 15.0 Å². The summed E-state index contributed by atoms with van der Waals surface area (Å²) in [5, 5.41) is 12.0. The SMILES string of the molecule is CCOC1C(C(F)(F)F)=CC(C2=CC=CCN2C(=O)[C@H](C)N/C(C(=O)NCc2cc(C)on2)=C(\N)NC)=CN1C. The molecule has 0 saturated carbocycles. The molecule has 3 rings (SSSR count). The van der Waals surface area contributed by atoms with Crippen molar-refractivity contribution in [3.63, 3.8) is 0 Å². The summed E-state index contributed by atoms with van der Waals surface area (Å²) in [4.78, 5) is 29.2. The Balaban J connectivity index is 1.82. The van der Waals surface area contributed by atoms with E-state index < -0.39 is 35.8 Å². The first-order valence-electron chi connectivity index (χ1n) is 12.5. The average Bonchev–Trinajstić information content (AvgIpc) is 3.34. The Kier molecular flexibility index (Phi) is 9.69. The van der Waals surface area contributed by atoms with Crippen LogP contribution in [0.2, 0.25) is 0 Å². The number of nitrogens with two attached hydrogens (primary N) is 1. The topological polar surface area (TPSA) is 138 Å². The van der Waals surface area contributed by atoms with Gasteiger partial charge in [0.05, 0.1) is 17.8 Å². The van der Waals surface area contributed by atoms with Gasteiger partial charge < -0.3 is 40.7 Å². The predicted molar refractivity (Wildman–Crippen MR) is 140 cm³/mol. The molecule has 14 heteroatoms. The van der Waals surface area contributed by atoms with E-state index in [1.54, 1.807) is 38.1 Å². The third-order valence-electron chi connectivity index (χ3n) is 6.08. The third-order valence-corrected chi connectivity index (χ3v) is 6.08. The number of hydrogen-bond donors (Lipinski definition) is 4. The summed E-state index contributed by atoms with van der Waals surface area (Å²) in [6.45, 7) is 5.11. The van der Waals surface area contributed by atoms with Crippen LogP contribution in [0.4, 0.5) is 13.2 Å². The van der Waals surface area contributed by atoms with Crippen molar-refractivity contribution < 1.29 is 32.0 Å². The molecule has 1 aromatic heterocycles. The fourth-order valence-electron chi connectivity index (χ4n) is 4.15. The van der Waals surface area contributed by atoms with Crippen molar-refractivity contribution in [2.45, 2.75) is 45.8 Å². The molecule has 0 spiro atoms. The van der Waals surface area contributed by atoms with Gasteiger partial charge >= 0.3 is 6.18 Å². The Bertz CT molecular complexity index is 1260. The number of hydrogen-bond acceptors (Lipinski definition) is 9. The Morgan fingerprint density at radius 2 is 2.08 bits per heavy atom. The molecular weight excluding hydrogens is 531 g/mol.